The fourth-order valence-electron chi connectivity index (χ4n) is 10.6. The van der Waals surface area contributed by atoms with Crippen molar-refractivity contribution in [2.75, 3.05) is 28.4 Å². The highest BCUT2D eigenvalue weighted by Crippen LogP contribution is 2.52. The van der Waals surface area contributed by atoms with Crippen molar-refractivity contribution in [3.05, 3.63) is 215 Å². The monoisotopic (exact) mass is 920 g/mol. The van der Waals surface area contributed by atoms with Crippen LogP contribution in [0.1, 0.15) is 71.1 Å². The standard InChI is InChI=1S/C59H56N2O8/c1-66-49-33-13-9-29-45(49)58(64,46-30-10-14-34-50(46)67-2)53(43-27-19-23-39-21-5-7-25-41(39)43)60-55(62)57(37-17-18-38-57)56(63)61-54(44-28-20-24-40-22-6-8-26-42(40)44)59(65,47-31-11-15-35-51(47)68-3)48-32-12-16-36-52(48)69-4/h5-16,19-36,53-54,64-65H,17-18,37-38H2,1-4H3,(H,60,62)(H,61,63)/t53-,54-/m0/s1. The molecule has 0 heterocycles. The summed E-state index contributed by atoms with van der Waals surface area (Å²) in [7, 11) is 6.14. The number of fused-ring (bicyclic) bond motifs is 2. The second kappa shape index (κ2) is 19.5. The average Bonchev–Trinajstić information content (AvgIpc) is 3.93. The number of amides is 2. The molecule has 1 saturated carbocycles. The van der Waals surface area contributed by atoms with E-state index in [0.717, 1.165) is 21.5 Å². The molecule has 0 unspecified atom stereocenters. The lowest BCUT2D eigenvalue weighted by atomic mass is 9.73. The van der Waals surface area contributed by atoms with Crippen LogP contribution in [0.2, 0.25) is 0 Å². The van der Waals surface area contributed by atoms with Gasteiger partial charge in [-0.2, -0.15) is 0 Å². The molecule has 1 aliphatic carbocycles. The lowest BCUT2D eigenvalue weighted by molar-refractivity contribution is -0.146. The molecule has 10 nitrogen and oxygen atoms in total. The summed E-state index contributed by atoms with van der Waals surface area (Å²) in [6, 6.07) is 53.3. The van der Waals surface area contributed by atoms with E-state index >= 15 is 9.59 Å². The van der Waals surface area contributed by atoms with Crippen molar-refractivity contribution in [2.45, 2.75) is 49.0 Å². The minimum absolute atomic E-state index is 0.193. The summed E-state index contributed by atoms with van der Waals surface area (Å²) >= 11 is 0. The Kier molecular flexibility index (Phi) is 13.1. The molecule has 4 N–H and O–H groups in total. The summed E-state index contributed by atoms with van der Waals surface area (Å²) in [5.41, 5.74) is -3.12. The number of ether oxygens (including phenoxy) is 4. The quantitative estimate of drug-likeness (QED) is 0.0704. The largest absolute Gasteiger partial charge is 0.496 e. The zero-order valence-electron chi connectivity index (χ0n) is 39.1. The molecular weight excluding hydrogens is 865 g/mol. The maximum Gasteiger partial charge on any atom is 0.236 e. The molecule has 0 aliphatic heterocycles. The molecule has 8 aromatic carbocycles. The third-order valence-electron chi connectivity index (χ3n) is 14.1. The van der Waals surface area contributed by atoms with Crippen LogP contribution in [0, 0.1) is 5.41 Å². The van der Waals surface area contributed by atoms with E-state index in [1.807, 2.05) is 133 Å². The normalized spacial score (nSPS) is 14.4. The number of para-hydroxylation sites is 4. The summed E-state index contributed by atoms with van der Waals surface area (Å²) in [5.74, 6) is 0.335. The third kappa shape index (κ3) is 8.09. The molecule has 350 valence electrons. The predicted molar refractivity (Wildman–Crippen MR) is 269 cm³/mol. The number of rotatable bonds is 16. The molecule has 1 fully saturated rings. The molecule has 0 aromatic heterocycles. The molecule has 0 saturated heterocycles. The first-order valence-corrected chi connectivity index (χ1v) is 23.2. The molecule has 0 radical (unpaired) electrons. The lowest BCUT2D eigenvalue weighted by Gasteiger charge is -2.42. The highest BCUT2D eigenvalue weighted by atomic mass is 16.5. The van der Waals surface area contributed by atoms with Gasteiger partial charge in [-0.3, -0.25) is 9.59 Å². The van der Waals surface area contributed by atoms with Gasteiger partial charge in [-0.15, -0.1) is 0 Å². The summed E-state index contributed by atoms with van der Waals surface area (Å²) in [5, 5.41) is 38.0. The van der Waals surface area contributed by atoms with E-state index in [2.05, 4.69) is 10.6 Å². The minimum atomic E-state index is -2.06. The molecule has 69 heavy (non-hydrogen) atoms. The Bertz CT molecular complexity index is 2830. The van der Waals surface area contributed by atoms with E-state index in [9.17, 15) is 10.2 Å². The van der Waals surface area contributed by atoms with Gasteiger partial charge in [-0.25, -0.2) is 0 Å². The zero-order chi connectivity index (χ0) is 48.2. The van der Waals surface area contributed by atoms with Crippen molar-refractivity contribution in [2.24, 2.45) is 5.41 Å². The number of carbonyl (C=O) groups excluding carboxylic acids is 2. The number of carbonyl (C=O) groups is 2. The van der Waals surface area contributed by atoms with Crippen LogP contribution < -0.4 is 29.6 Å². The van der Waals surface area contributed by atoms with Gasteiger partial charge >= 0.3 is 0 Å². The van der Waals surface area contributed by atoms with Gasteiger partial charge in [0.2, 0.25) is 11.8 Å². The topological polar surface area (TPSA) is 136 Å². The van der Waals surface area contributed by atoms with Crippen LogP contribution in [0.25, 0.3) is 21.5 Å². The van der Waals surface area contributed by atoms with Crippen molar-refractivity contribution in [3.8, 4) is 23.0 Å². The van der Waals surface area contributed by atoms with Gasteiger partial charge in [0.05, 0.1) is 40.5 Å². The summed E-state index contributed by atoms with van der Waals surface area (Å²) in [6.45, 7) is 0. The number of methoxy groups -OCH3 is 4. The lowest BCUT2D eigenvalue weighted by Crippen LogP contribution is -2.56. The zero-order valence-corrected chi connectivity index (χ0v) is 39.1. The van der Waals surface area contributed by atoms with Crippen LogP contribution in [0.3, 0.4) is 0 Å². The van der Waals surface area contributed by atoms with Crippen molar-refractivity contribution >= 4 is 33.4 Å². The molecule has 1 aliphatic rings. The molecule has 9 rings (SSSR count). The van der Waals surface area contributed by atoms with Crippen molar-refractivity contribution in [1.29, 1.82) is 0 Å². The van der Waals surface area contributed by atoms with E-state index in [0.29, 0.717) is 69.2 Å². The number of benzene rings is 8. The Morgan fingerprint density at radius 3 is 1.06 bits per heavy atom. The number of aliphatic hydroxyl groups is 2. The molecule has 10 heteroatoms. The Morgan fingerprint density at radius 2 is 0.725 bits per heavy atom. The summed E-state index contributed by atoms with van der Waals surface area (Å²) in [6.07, 6.45) is 1.54. The van der Waals surface area contributed by atoms with Crippen LogP contribution in [0.5, 0.6) is 23.0 Å². The molecule has 2 atom stereocenters. The van der Waals surface area contributed by atoms with Crippen LogP contribution in [0.4, 0.5) is 0 Å². The molecule has 0 bridgehead atoms. The maximum atomic E-state index is 16.0. The molecule has 8 aromatic rings. The van der Waals surface area contributed by atoms with Gasteiger partial charge in [0.25, 0.3) is 0 Å². The van der Waals surface area contributed by atoms with Crippen LogP contribution in [0.15, 0.2) is 182 Å². The van der Waals surface area contributed by atoms with E-state index in [1.165, 1.54) is 28.4 Å². The fourth-order valence-corrected chi connectivity index (χ4v) is 10.6. The second-order valence-electron chi connectivity index (χ2n) is 17.6. The molecule has 0 spiro atoms. The van der Waals surface area contributed by atoms with Crippen molar-refractivity contribution < 1.29 is 38.7 Å². The van der Waals surface area contributed by atoms with Gasteiger partial charge in [0, 0.05) is 22.3 Å². The predicted octanol–water partition coefficient (Wildman–Crippen LogP) is 10.5. The first-order valence-electron chi connectivity index (χ1n) is 23.2. The second-order valence-corrected chi connectivity index (χ2v) is 17.6. The van der Waals surface area contributed by atoms with Crippen LogP contribution in [-0.4, -0.2) is 50.5 Å². The Balaban J connectivity index is 1.25. The molecule has 2 amide bonds. The highest BCUT2D eigenvalue weighted by molar-refractivity contribution is 6.06. The minimum Gasteiger partial charge on any atom is -0.496 e. The van der Waals surface area contributed by atoms with Gasteiger partial charge in [0.1, 0.15) is 39.6 Å². The Hall–Kier alpha value is -7.66. The smallest absolute Gasteiger partial charge is 0.236 e. The van der Waals surface area contributed by atoms with Crippen LogP contribution >= 0.6 is 0 Å². The van der Waals surface area contributed by atoms with Gasteiger partial charge in [-0.1, -0.05) is 171 Å². The van der Waals surface area contributed by atoms with E-state index < -0.39 is 40.5 Å². The van der Waals surface area contributed by atoms with Crippen molar-refractivity contribution in [3.63, 3.8) is 0 Å². The van der Waals surface area contributed by atoms with Crippen molar-refractivity contribution in [1.82, 2.24) is 10.6 Å². The van der Waals surface area contributed by atoms with Gasteiger partial charge < -0.3 is 39.8 Å². The highest BCUT2D eigenvalue weighted by Gasteiger charge is 2.55. The Morgan fingerprint density at radius 1 is 0.435 bits per heavy atom. The van der Waals surface area contributed by atoms with Gasteiger partial charge in [0.15, 0.2) is 0 Å². The van der Waals surface area contributed by atoms with Crippen LogP contribution in [-0.2, 0) is 20.8 Å². The SMILES string of the molecule is COc1ccccc1C(O)(c1ccccc1OC)[C@@H](NC(=O)C1(C(=O)N[C@@H](c2cccc3ccccc23)C(O)(c2ccccc2OC)c2ccccc2OC)CCCC1)c1cccc2ccccc12. The number of hydrogen-bond acceptors (Lipinski definition) is 8. The molecular formula is C59H56N2O8. The number of nitrogens with one attached hydrogen (secondary N) is 2. The Labute approximate surface area is 402 Å². The third-order valence-corrected chi connectivity index (χ3v) is 14.1. The average molecular weight is 921 g/mol. The first kappa shape index (κ1) is 46.5. The summed E-state index contributed by atoms with van der Waals surface area (Å²) in [4.78, 5) is 32.0. The van der Waals surface area contributed by atoms with Gasteiger partial charge in [-0.05, 0) is 69.8 Å². The number of hydrogen-bond donors (Lipinski definition) is 4. The summed E-state index contributed by atoms with van der Waals surface area (Å²) < 4.78 is 23.8. The fraction of sp³-hybridized carbons (Fsp3) is 0.220. The van der Waals surface area contributed by atoms with E-state index in [-0.39, 0.29) is 12.8 Å². The van der Waals surface area contributed by atoms with E-state index in [1.54, 1.807) is 48.5 Å². The first-order chi connectivity index (χ1) is 33.6. The maximum absolute atomic E-state index is 16.0. The van der Waals surface area contributed by atoms with E-state index in [4.69, 9.17) is 18.9 Å².